The van der Waals surface area contributed by atoms with Crippen molar-refractivity contribution in [2.75, 3.05) is 18.4 Å². The minimum atomic E-state index is -2.85. The lowest BCUT2D eigenvalue weighted by atomic mass is 10.1. The topological polar surface area (TPSA) is 29.5 Å². The molecule has 0 saturated carbocycles. The molecule has 1 fully saturated rings. The second kappa shape index (κ2) is 6.32. The predicted molar refractivity (Wildman–Crippen MR) is 70.9 cm³/mol. The number of likely N-dealkylation sites (tertiary alicyclic amines) is 1. The van der Waals surface area contributed by atoms with Crippen LogP contribution in [0.4, 0.5) is 8.78 Å². The van der Waals surface area contributed by atoms with Crippen molar-refractivity contribution in [3.05, 3.63) is 29.8 Å². The van der Waals surface area contributed by atoms with Gasteiger partial charge in [0.05, 0.1) is 0 Å². The highest BCUT2D eigenvalue weighted by Gasteiger charge is 2.26. The minimum absolute atomic E-state index is 0.0614. The van der Waals surface area contributed by atoms with Crippen LogP contribution in [0.15, 0.2) is 24.3 Å². The third kappa shape index (κ3) is 3.65. The predicted octanol–water partition coefficient (Wildman–Crippen LogP) is 3.15. The summed E-state index contributed by atoms with van der Waals surface area (Å²) in [6.45, 7) is -1.37. The molecule has 2 rings (SSSR count). The standard InChI is InChI=1S/C13H14BrF2NO2/c14-7-9-5-6-17(8-9)12(18)10-1-3-11(4-2-10)19-13(15)16/h1-4,9,13H,5-8H2. The first-order valence-electron chi connectivity index (χ1n) is 6.00. The molecule has 0 N–H and O–H groups in total. The first kappa shape index (κ1) is 14.2. The van der Waals surface area contributed by atoms with Crippen molar-refractivity contribution in [3.63, 3.8) is 0 Å². The number of hydrogen-bond donors (Lipinski definition) is 0. The summed E-state index contributed by atoms with van der Waals surface area (Å²) in [6, 6.07) is 5.80. The Morgan fingerprint density at radius 2 is 2.11 bits per heavy atom. The van der Waals surface area contributed by atoms with Crippen molar-refractivity contribution in [3.8, 4) is 5.75 Å². The number of ether oxygens (including phenoxy) is 1. The quantitative estimate of drug-likeness (QED) is 0.792. The van der Waals surface area contributed by atoms with E-state index in [1.165, 1.54) is 24.3 Å². The van der Waals surface area contributed by atoms with Crippen molar-refractivity contribution in [1.29, 1.82) is 0 Å². The molecule has 0 bridgehead atoms. The van der Waals surface area contributed by atoms with Crippen molar-refractivity contribution < 1.29 is 18.3 Å². The third-order valence-corrected chi connectivity index (χ3v) is 4.03. The van der Waals surface area contributed by atoms with Crippen molar-refractivity contribution in [1.82, 2.24) is 4.90 Å². The molecule has 1 amide bonds. The lowest BCUT2D eigenvalue weighted by molar-refractivity contribution is -0.0498. The Kier molecular flexibility index (Phi) is 4.74. The van der Waals surface area contributed by atoms with E-state index in [0.717, 1.165) is 24.8 Å². The maximum Gasteiger partial charge on any atom is 0.387 e. The molecule has 0 radical (unpaired) electrons. The summed E-state index contributed by atoms with van der Waals surface area (Å²) in [7, 11) is 0. The molecule has 19 heavy (non-hydrogen) atoms. The molecule has 6 heteroatoms. The van der Waals surface area contributed by atoms with Gasteiger partial charge in [0, 0.05) is 24.0 Å². The fourth-order valence-corrected chi connectivity index (χ4v) is 2.63. The average Bonchev–Trinajstić information content (AvgIpc) is 2.87. The van der Waals surface area contributed by atoms with Gasteiger partial charge in [0.2, 0.25) is 0 Å². The van der Waals surface area contributed by atoms with Gasteiger partial charge in [-0.3, -0.25) is 4.79 Å². The number of amides is 1. The summed E-state index contributed by atoms with van der Waals surface area (Å²) in [4.78, 5) is 14.0. The van der Waals surface area contributed by atoms with Gasteiger partial charge in [0.1, 0.15) is 5.75 Å². The molecule has 1 aliphatic heterocycles. The summed E-state index contributed by atoms with van der Waals surface area (Å²) >= 11 is 3.42. The van der Waals surface area contributed by atoms with Gasteiger partial charge >= 0.3 is 6.61 Å². The average molecular weight is 334 g/mol. The molecule has 0 aliphatic carbocycles. The van der Waals surface area contributed by atoms with E-state index in [2.05, 4.69) is 20.7 Å². The zero-order valence-electron chi connectivity index (χ0n) is 10.2. The summed E-state index contributed by atoms with van der Waals surface area (Å²) in [5.41, 5.74) is 0.497. The highest BCUT2D eigenvalue weighted by Crippen LogP contribution is 2.21. The zero-order chi connectivity index (χ0) is 13.8. The summed E-state index contributed by atoms with van der Waals surface area (Å²) in [6.07, 6.45) is 0.990. The Morgan fingerprint density at radius 3 is 2.63 bits per heavy atom. The number of carbonyl (C=O) groups is 1. The Labute approximate surface area is 118 Å². The smallest absolute Gasteiger partial charge is 0.387 e. The number of halogens is 3. The number of nitrogens with zero attached hydrogens (tertiary/aromatic N) is 1. The van der Waals surface area contributed by atoms with Crippen LogP contribution in [0.1, 0.15) is 16.8 Å². The number of hydrogen-bond acceptors (Lipinski definition) is 2. The van der Waals surface area contributed by atoms with E-state index in [1.54, 1.807) is 4.90 Å². The SMILES string of the molecule is O=C(c1ccc(OC(F)F)cc1)N1CCC(CBr)C1. The second-order valence-corrected chi connectivity index (χ2v) is 5.11. The van der Waals surface area contributed by atoms with Crippen molar-refractivity contribution >= 4 is 21.8 Å². The van der Waals surface area contributed by atoms with Crippen LogP contribution in [-0.4, -0.2) is 35.8 Å². The van der Waals surface area contributed by atoms with E-state index in [-0.39, 0.29) is 11.7 Å². The molecule has 0 aromatic heterocycles. The molecule has 1 heterocycles. The molecule has 1 aromatic rings. The van der Waals surface area contributed by atoms with Crippen LogP contribution in [0.2, 0.25) is 0 Å². The summed E-state index contributed by atoms with van der Waals surface area (Å²) in [5, 5.41) is 0.887. The van der Waals surface area contributed by atoms with E-state index >= 15 is 0 Å². The summed E-state index contributed by atoms with van der Waals surface area (Å²) in [5.74, 6) is 0.490. The first-order chi connectivity index (χ1) is 9.10. The minimum Gasteiger partial charge on any atom is -0.435 e. The van der Waals surface area contributed by atoms with Gasteiger partial charge in [-0.25, -0.2) is 0 Å². The molecule has 1 unspecified atom stereocenters. The number of carbonyl (C=O) groups excluding carboxylic acids is 1. The fraction of sp³-hybridized carbons (Fsp3) is 0.462. The lowest BCUT2D eigenvalue weighted by Crippen LogP contribution is -2.28. The molecule has 1 atom stereocenters. The first-order valence-corrected chi connectivity index (χ1v) is 7.12. The molecule has 3 nitrogen and oxygen atoms in total. The zero-order valence-corrected chi connectivity index (χ0v) is 11.8. The van der Waals surface area contributed by atoms with E-state index in [4.69, 9.17) is 0 Å². The maximum absolute atomic E-state index is 12.2. The van der Waals surface area contributed by atoms with Crippen LogP contribution in [0.5, 0.6) is 5.75 Å². The Hall–Kier alpha value is -1.17. The molecule has 1 aliphatic rings. The van der Waals surface area contributed by atoms with E-state index in [1.807, 2.05) is 0 Å². The molecule has 1 saturated heterocycles. The molecule has 104 valence electrons. The largest absolute Gasteiger partial charge is 0.435 e. The van der Waals surface area contributed by atoms with Gasteiger partial charge < -0.3 is 9.64 Å². The van der Waals surface area contributed by atoms with E-state index in [0.29, 0.717) is 11.5 Å². The van der Waals surface area contributed by atoms with Gasteiger partial charge in [-0.1, -0.05) is 15.9 Å². The Bertz CT molecular complexity index is 439. The Balaban J connectivity index is 2.00. The van der Waals surface area contributed by atoms with Crippen LogP contribution in [-0.2, 0) is 0 Å². The number of rotatable bonds is 4. The van der Waals surface area contributed by atoms with Crippen LogP contribution >= 0.6 is 15.9 Å². The molecule has 0 spiro atoms. The van der Waals surface area contributed by atoms with Crippen molar-refractivity contribution in [2.45, 2.75) is 13.0 Å². The maximum atomic E-state index is 12.2. The van der Waals surface area contributed by atoms with Crippen LogP contribution in [0.25, 0.3) is 0 Å². The van der Waals surface area contributed by atoms with Crippen LogP contribution < -0.4 is 4.74 Å². The second-order valence-electron chi connectivity index (χ2n) is 4.46. The highest BCUT2D eigenvalue weighted by atomic mass is 79.9. The highest BCUT2D eigenvalue weighted by molar-refractivity contribution is 9.09. The molecule has 1 aromatic carbocycles. The van der Waals surface area contributed by atoms with E-state index in [9.17, 15) is 13.6 Å². The summed E-state index contributed by atoms with van der Waals surface area (Å²) < 4.78 is 28.3. The van der Waals surface area contributed by atoms with E-state index < -0.39 is 6.61 Å². The van der Waals surface area contributed by atoms with Crippen LogP contribution in [0, 0.1) is 5.92 Å². The van der Waals surface area contributed by atoms with Gasteiger partial charge in [-0.2, -0.15) is 8.78 Å². The normalized spacial score (nSPS) is 18.9. The number of alkyl halides is 3. The third-order valence-electron chi connectivity index (χ3n) is 3.12. The van der Waals surface area contributed by atoms with Gasteiger partial charge in [0.25, 0.3) is 5.91 Å². The fourth-order valence-electron chi connectivity index (χ4n) is 2.10. The number of benzene rings is 1. The van der Waals surface area contributed by atoms with Crippen LogP contribution in [0.3, 0.4) is 0 Å². The molecular formula is C13H14BrF2NO2. The Morgan fingerprint density at radius 1 is 1.42 bits per heavy atom. The van der Waals surface area contributed by atoms with Gasteiger partial charge in [-0.15, -0.1) is 0 Å². The lowest BCUT2D eigenvalue weighted by Gasteiger charge is -2.16. The van der Waals surface area contributed by atoms with Crippen molar-refractivity contribution in [2.24, 2.45) is 5.92 Å². The van der Waals surface area contributed by atoms with Gasteiger partial charge in [-0.05, 0) is 36.6 Å². The molecular weight excluding hydrogens is 320 g/mol. The van der Waals surface area contributed by atoms with Gasteiger partial charge in [0.15, 0.2) is 0 Å². The monoisotopic (exact) mass is 333 g/mol.